The van der Waals surface area contributed by atoms with Crippen LogP contribution in [0.4, 0.5) is 0 Å². The maximum absolute atomic E-state index is 13.1. The zero-order chi connectivity index (χ0) is 54.1. The summed E-state index contributed by atoms with van der Waals surface area (Å²) in [6, 6.07) is -0.982. The highest BCUT2D eigenvalue weighted by molar-refractivity contribution is 5.76. The Bertz CT molecular complexity index is 1460. The van der Waals surface area contributed by atoms with Crippen molar-refractivity contribution in [3.63, 3.8) is 0 Å². The number of ether oxygens (including phenoxy) is 6. The van der Waals surface area contributed by atoms with E-state index in [-0.39, 0.29) is 18.9 Å². The molecule has 0 saturated carbocycles. The number of unbranched alkanes of at least 4 members (excludes halogenated alkanes) is 23. The number of aliphatic hydroxyl groups excluding tert-OH is 11. The minimum Gasteiger partial charge on any atom is -0.394 e. The number of allylic oxidation sites excluding steroid dienone is 3. The van der Waals surface area contributed by atoms with E-state index in [0.29, 0.717) is 12.8 Å². The van der Waals surface area contributed by atoms with E-state index in [2.05, 4.69) is 31.3 Å². The van der Waals surface area contributed by atoms with Gasteiger partial charge in [0, 0.05) is 6.42 Å². The Hall–Kier alpha value is -1.73. The summed E-state index contributed by atoms with van der Waals surface area (Å²) in [6.07, 6.45) is 12.5. The van der Waals surface area contributed by atoms with Crippen molar-refractivity contribution < 1.29 is 89.4 Å². The van der Waals surface area contributed by atoms with Gasteiger partial charge in [-0.1, -0.05) is 173 Å². The molecule has 0 aromatic carbocycles. The second-order valence-corrected chi connectivity index (χ2v) is 20.8. The SMILES string of the molecule is CCCCCCCCCCCCCCCCCCCC/C=C/CC/C=C/C(O)C(COC1OC(CO)C(OC2OC(CO)C(OC3OC(CO)C(O)C(O)C3O)C(O)C2O)C(O)C1O)NC(=O)CCCCCCC. The lowest BCUT2D eigenvalue weighted by Gasteiger charge is -2.48. The zero-order valence-corrected chi connectivity index (χ0v) is 44.8. The highest BCUT2D eigenvalue weighted by Gasteiger charge is 2.53. The third-order valence-electron chi connectivity index (χ3n) is 14.5. The van der Waals surface area contributed by atoms with Crippen LogP contribution in [0.5, 0.6) is 0 Å². The van der Waals surface area contributed by atoms with Gasteiger partial charge in [0.1, 0.15) is 73.2 Å². The number of nitrogens with one attached hydrogen (secondary N) is 1. The molecular weight excluding hydrogens is 963 g/mol. The number of amides is 1. The van der Waals surface area contributed by atoms with Gasteiger partial charge in [0.05, 0.1) is 38.6 Å². The summed E-state index contributed by atoms with van der Waals surface area (Å²) < 4.78 is 34.0. The molecule has 3 aliphatic heterocycles. The van der Waals surface area contributed by atoms with Crippen molar-refractivity contribution in [3.8, 4) is 0 Å². The predicted molar refractivity (Wildman–Crippen MR) is 277 cm³/mol. The minimum atomic E-state index is -1.98. The number of aliphatic hydroxyl groups is 11. The van der Waals surface area contributed by atoms with E-state index in [0.717, 1.165) is 44.9 Å². The first-order valence-corrected chi connectivity index (χ1v) is 28.6. The maximum atomic E-state index is 13.1. The van der Waals surface area contributed by atoms with Crippen LogP contribution in [0.1, 0.15) is 187 Å². The van der Waals surface area contributed by atoms with E-state index in [1.165, 1.54) is 109 Å². The lowest BCUT2D eigenvalue weighted by Crippen LogP contribution is -2.66. The number of carbonyl (C=O) groups excluding carboxylic acids is 1. The number of hydrogen-bond donors (Lipinski definition) is 12. The molecular formula is C55H101NO18. The largest absolute Gasteiger partial charge is 0.394 e. The second kappa shape index (κ2) is 39.6. The van der Waals surface area contributed by atoms with Crippen molar-refractivity contribution in [1.82, 2.24) is 5.32 Å². The van der Waals surface area contributed by atoms with E-state index in [9.17, 15) is 61.0 Å². The average molecular weight is 1060 g/mol. The molecule has 3 heterocycles. The smallest absolute Gasteiger partial charge is 0.220 e. The van der Waals surface area contributed by atoms with Crippen molar-refractivity contribution in [2.45, 2.75) is 291 Å². The van der Waals surface area contributed by atoms with Crippen LogP contribution in [0.3, 0.4) is 0 Å². The van der Waals surface area contributed by atoms with Gasteiger partial charge in [0.2, 0.25) is 5.91 Å². The Morgan fingerprint density at radius 1 is 0.473 bits per heavy atom. The molecule has 3 aliphatic rings. The third-order valence-corrected chi connectivity index (χ3v) is 14.5. The molecule has 3 rings (SSSR count). The molecule has 0 spiro atoms. The first-order valence-electron chi connectivity index (χ1n) is 28.6. The molecule has 0 bridgehead atoms. The average Bonchev–Trinajstić information content (AvgIpc) is 3.39. The van der Waals surface area contributed by atoms with Gasteiger partial charge in [-0.3, -0.25) is 4.79 Å². The Morgan fingerprint density at radius 3 is 1.35 bits per heavy atom. The van der Waals surface area contributed by atoms with Crippen molar-refractivity contribution in [2.75, 3.05) is 26.4 Å². The van der Waals surface area contributed by atoms with Crippen LogP contribution in [-0.4, -0.2) is 193 Å². The van der Waals surface area contributed by atoms with Gasteiger partial charge in [-0.15, -0.1) is 0 Å². The van der Waals surface area contributed by atoms with Crippen LogP contribution in [0.25, 0.3) is 0 Å². The van der Waals surface area contributed by atoms with Gasteiger partial charge in [0.25, 0.3) is 0 Å². The maximum Gasteiger partial charge on any atom is 0.220 e. The third kappa shape index (κ3) is 24.1. The van der Waals surface area contributed by atoms with Crippen LogP contribution in [0, 0.1) is 0 Å². The summed E-state index contributed by atoms with van der Waals surface area (Å²) in [7, 11) is 0. The summed E-state index contributed by atoms with van der Waals surface area (Å²) in [4.78, 5) is 13.1. The van der Waals surface area contributed by atoms with Crippen molar-refractivity contribution in [2.24, 2.45) is 0 Å². The van der Waals surface area contributed by atoms with Crippen molar-refractivity contribution >= 4 is 5.91 Å². The fourth-order valence-electron chi connectivity index (χ4n) is 9.74. The quantitative estimate of drug-likeness (QED) is 0.0304. The van der Waals surface area contributed by atoms with Gasteiger partial charge in [0.15, 0.2) is 18.9 Å². The van der Waals surface area contributed by atoms with Crippen LogP contribution in [0.15, 0.2) is 24.3 Å². The number of carbonyl (C=O) groups is 1. The summed E-state index contributed by atoms with van der Waals surface area (Å²) >= 11 is 0. The minimum absolute atomic E-state index is 0.231. The standard InChI is InChI=1S/C55H101NO18/c1-3-5-7-9-10-11-12-13-14-15-16-17-18-19-20-21-22-23-24-25-26-27-29-30-32-39(60)38(56-43(61)33-31-28-8-6-4-2)37-69-53-49(67)46(64)51(41(35-58)71-53)74-55-50(68)47(65)52(42(36-59)72-55)73-54-48(66)45(63)44(62)40(34-57)70-54/h25-26,30,32,38-42,44-55,57-60,62-68H,3-24,27-29,31,33-37H2,1-2H3,(H,56,61)/b26-25+,32-30+. The Kier molecular flexibility index (Phi) is 35.6. The van der Waals surface area contributed by atoms with Crippen LogP contribution < -0.4 is 5.32 Å². The summed E-state index contributed by atoms with van der Waals surface area (Å²) in [5.74, 6) is -0.299. The molecule has 19 heteroatoms. The second-order valence-electron chi connectivity index (χ2n) is 20.8. The molecule has 434 valence electrons. The molecule has 3 fully saturated rings. The molecule has 3 saturated heterocycles. The van der Waals surface area contributed by atoms with Gasteiger partial charge in [-0.25, -0.2) is 0 Å². The van der Waals surface area contributed by atoms with Crippen LogP contribution in [-0.2, 0) is 33.2 Å². The van der Waals surface area contributed by atoms with E-state index >= 15 is 0 Å². The highest BCUT2D eigenvalue weighted by atomic mass is 16.8. The highest BCUT2D eigenvalue weighted by Crippen LogP contribution is 2.33. The Labute approximate surface area is 441 Å². The fourth-order valence-corrected chi connectivity index (χ4v) is 9.74. The van der Waals surface area contributed by atoms with Crippen LogP contribution in [0.2, 0.25) is 0 Å². The molecule has 19 nitrogen and oxygen atoms in total. The molecule has 0 aromatic heterocycles. The monoisotopic (exact) mass is 1060 g/mol. The van der Waals surface area contributed by atoms with E-state index < -0.39 is 124 Å². The van der Waals surface area contributed by atoms with Gasteiger partial charge in [-0.2, -0.15) is 0 Å². The van der Waals surface area contributed by atoms with E-state index in [1.54, 1.807) is 6.08 Å². The molecule has 17 atom stereocenters. The number of rotatable bonds is 41. The normalized spacial score (nSPS) is 31.6. The van der Waals surface area contributed by atoms with E-state index in [4.69, 9.17) is 28.4 Å². The summed E-state index contributed by atoms with van der Waals surface area (Å²) in [6.45, 7) is 1.59. The predicted octanol–water partition coefficient (Wildman–Crippen LogP) is 3.98. The first-order chi connectivity index (χ1) is 35.8. The molecule has 12 N–H and O–H groups in total. The number of hydrogen-bond acceptors (Lipinski definition) is 18. The summed E-state index contributed by atoms with van der Waals surface area (Å²) in [5.41, 5.74) is 0. The molecule has 17 unspecified atom stereocenters. The lowest BCUT2D eigenvalue weighted by molar-refractivity contribution is -0.379. The molecule has 0 aromatic rings. The Morgan fingerprint density at radius 2 is 0.865 bits per heavy atom. The topological polar surface area (TPSA) is 307 Å². The lowest BCUT2D eigenvalue weighted by atomic mass is 9.96. The fraction of sp³-hybridized carbons (Fsp3) is 0.909. The van der Waals surface area contributed by atoms with Gasteiger partial charge < -0.3 is 89.9 Å². The Balaban J connectivity index is 1.44. The molecule has 1 amide bonds. The van der Waals surface area contributed by atoms with E-state index in [1.807, 2.05) is 6.08 Å². The van der Waals surface area contributed by atoms with Crippen molar-refractivity contribution in [3.05, 3.63) is 24.3 Å². The molecule has 0 aliphatic carbocycles. The first kappa shape index (κ1) is 66.5. The molecule has 74 heavy (non-hydrogen) atoms. The molecule has 0 radical (unpaired) electrons. The zero-order valence-electron chi connectivity index (χ0n) is 44.8. The van der Waals surface area contributed by atoms with Crippen LogP contribution >= 0.6 is 0 Å². The summed E-state index contributed by atoms with van der Waals surface area (Å²) in [5, 5.41) is 119. The van der Waals surface area contributed by atoms with Gasteiger partial charge in [-0.05, 0) is 32.1 Å². The van der Waals surface area contributed by atoms with Crippen molar-refractivity contribution in [1.29, 1.82) is 0 Å². The van der Waals surface area contributed by atoms with Gasteiger partial charge >= 0.3 is 0 Å².